The van der Waals surface area contributed by atoms with Crippen molar-refractivity contribution in [3.63, 3.8) is 0 Å². The maximum atomic E-state index is 3.56. The van der Waals surface area contributed by atoms with Crippen molar-refractivity contribution in [3.8, 4) is 0 Å². The Hall–Kier alpha value is -0.280. The van der Waals surface area contributed by atoms with Gasteiger partial charge in [0, 0.05) is 37.9 Å². The molecule has 2 nitrogen and oxygen atoms in total. The first-order chi connectivity index (χ1) is 7.66. The second-order valence-electron chi connectivity index (χ2n) is 4.89. The van der Waals surface area contributed by atoms with E-state index in [0.29, 0.717) is 6.04 Å². The molecule has 1 fully saturated rings. The van der Waals surface area contributed by atoms with E-state index in [9.17, 15) is 0 Å². The zero-order valence-electron chi connectivity index (χ0n) is 10.2. The van der Waals surface area contributed by atoms with Crippen LogP contribution in [0.3, 0.4) is 0 Å². The van der Waals surface area contributed by atoms with Gasteiger partial charge in [0.05, 0.1) is 0 Å². The van der Waals surface area contributed by atoms with Crippen LogP contribution in [-0.4, -0.2) is 42.0 Å². The van der Waals surface area contributed by atoms with Crippen LogP contribution < -0.4 is 0 Å². The van der Waals surface area contributed by atoms with Crippen LogP contribution in [0.2, 0.25) is 0 Å². The molecule has 0 unspecified atom stereocenters. The van der Waals surface area contributed by atoms with Gasteiger partial charge in [-0.05, 0) is 37.2 Å². The third kappa shape index (κ3) is 2.89. The molecule has 0 aromatic heterocycles. The highest BCUT2D eigenvalue weighted by molar-refractivity contribution is 9.11. The lowest BCUT2D eigenvalue weighted by Gasteiger charge is -2.39. The van der Waals surface area contributed by atoms with Crippen molar-refractivity contribution >= 4 is 15.9 Å². The van der Waals surface area contributed by atoms with Gasteiger partial charge in [-0.25, -0.2) is 0 Å². The summed E-state index contributed by atoms with van der Waals surface area (Å²) >= 11 is 3.56. The highest BCUT2D eigenvalue weighted by atomic mass is 79.9. The average Bonchev–Trinajstić information content (AvgIpc) is 2.30. The van der Waals surface area contributed by atoms with Crippen molar-refractivity contribution in [2.24, 2.45) is 0 Å². The molecule has 2 aliphatic rings. The number of hydrogen-bond donors (Lipinski definition) is 0. The fourth-order valence-electron chi connectivity index (χ4n) is 2.39. The van der Waals surface area contributed by atoms with Crippen LogP contribution in [0.25, 0.3) is 0 Å². The molecule has 0 amide bonds. The molecule has 0 radical (unpaired) electrons. The molecule has 0 atom stereocenters. The summed E-state index contributed by atoms with van der Waals surface area (Å²) in [6.07, 6.45) is 6.83. The Morgan fingerprint density at radius 2 is 1.75 bits per heavy atom. The minimum atomic E-state index is 0.691. The van der Waals surface area contributed by atoms with Gasteiger partial charge in [-0.2, -0.15) is 0 Å². The smallest absolute Gasteiger partial charge is 0.0303 e. The third-order valence-electron chi connectivity index (χ3n) is 3.53. The van der Waals surface area contributed by atoms with E-state index >= 15 is 0 Å². The summed E-state index contributed by atoms with van der Waals surface area (Å²) in [5, 5.41) is 0. The van der Waals surface area contributed by atoms with Crippen LogP contribution in [-0.2, 0) is 0 Å². The summed E-state index contributed by atoms with van der Waals surface area (Å²) in [5.41, 5.74) is 1.52. The van der Waals surface area contributed by atoms with Crippen LogP contribution in [0, 0.1) is 0 Å². The quantitative estimate of drug-likeness (QED) is 0.769. The molecule has 0 saturated carbocycles. The Kier molecular flexibility index (Phi) is 4.09. The van der Waals surface area contributed by atoms with Crippen molar-refractivity contribution in [3.05, 3.63) is 22.3 Å². The zero-order valence-corrected chi connectivity index (χ0v) is 11.8. The highest BCUT2D eigenvalue weighted by Crippen LogP contribution is 2.25. The van der Waals surface area contributed by atoms with E-state index in [1.807, 2.05) is 0 Å². The minimum Gasteiger partial charge on any atom is -0.372 e. The monoisotopic (exact) mass is 284 g/mol. The van der Waals surface area contributed by atoms with Crippen molar-refractivity contribution in [2.75, 3.05) is 26.2 Å². The van der Waals surface area contributed by atoms with E-state index in [2.05, 4.69) is 51.7 Å². The highest BCUT2D eigenvalue weighted by Gasteiger charge is 2.20. The Morgan fingerprint density at radius 3 is 2.25 bits per heavy atom. The SMILES string of the molecule is CC(C)N1CCN(C2=CC=C(Br)CC2)CC1. The van der Waals surface area contributed by atoms with Crippen molar-refractivity contribution in [1.82, 2.24) is 9.80 Å². The first-order valence-corrected chi connectivity index (χ1v) is 7.00. The van der Waals surface area contributed by atoms with Gasteiger partial charge >= 0.3 is 0 Å². The Labute approximate surface area is 107 Å². The average molecular weight is 285 g/mol. The summed E-state index contributed by atoms with van der Waals surface area (Å²) in [6, 6.07) is 0.691. The molecular weight excluding hydrogens is 264 g/mol. The molecular formula is C13H21BrN2. The number of nitrogens with zero attached hydrogens (tertiary/aromatic N) is 2. The van der Waals surface area contributed by atoms with Gasteiger partial charge in [-0.15, -0.1) is 0 Å². The van der Waals surface area contributed by atoms with Crippen LogP contribution in [0.5, 0.6) is 0 Å². The number of piperazine rings is 1. The summed E-state index contributed by atoms with van der Waals surface area (Å²) in [5.74, 6) is 0. The van der Waals surface area contributed by atoms with Gasteiger partial charge in [0.1, 0.15) is 0 Å². The van der Waals surface area contributed by atoms with Gasteiger partial charge in [0.2, 0.25) is 0 Å². The summed E-state index contributed by atoms with van der Waals surface area (Å²) in [6.45, 7) is 9.37. The molecule has 1 heterocycles. The maximum Gasteiger partial charge on any atom is 0.0303 e. The molecule has 0 spiro atoms. The van der Waals surface area contributed by atoms with Crippen LogP contribution >= 0.6 is 15.9 Å². The Bertz CT molecular complexity index is 299. The van der Waals surface area contributed by atoms with Crippen LogP contribution in [0.1, 0.15) is 26.7 Å². The fourth-order valence-corrected chi connectivity index (χ4v) is 2.72. The summed E-state index contributed by atoms with van der Waals surface area (Å²) < 4.78 is 1.33. The van der Waals surface area contributed by atoms with E-state index in [1.165, 1.54) is 42.8 Å². The second kappa shape index (κ2) is 5.37. The third-order valence-corrected chi connectivity index (χ3v) is 4.19. The Balaban J connectivity index is 1.90. The lowest BCUT2D eigenvalue weighted by molar-refractivity contribution is 0.127. The Morgan fingerprint density at radius 1 is 1.06 bits per heavy atom. The van der Waals surface area contributed by atoms with E-state index in [1.54, 1.807) is 0 Å². The van der Waals surface area contributed by atoms with Crippen LogP contribution in [0.4, 0.5) is 0 Å². The van der Waals surface area contributed by atoms with Gasteiger partial charge in [0.25, 0.3) is 0 Å². The zero-order chi connectivity index (χ0) is 11.5. The molecule has 90 valence electrons. The van der Waals surface area contributed by atoms with Gasteiger partial charge < -0.3 is 4.90 Å². The van der Waals surface area contributed by atoms with Crippen molar-refractivity contribution in [1.29, 1.82) is 0 Å². The number of halogens is 1. The summed E-state index contributed by atoms with van der Waals surface area (Å²) in [4.78, 5) is 5.11. The van der Waals surface area contributed by atoms with E-state index < -0.39 is 0 Å². The molecule has 1 aliphatic heterocycles. The predicted molar refractivity (Wildman–Crippen MR) is 72.6 cm³/mol. The van der Waals surface area contributed by atoms with E-state index in [4.69, 9.17) is 0 Å². The van der Waals surface area contributed by atoms with Crippen LogP contribution in [0.15, 0.2) is 22.3 Å². The van der Waals surface area contributed by atoms with E-state index in [0.717, 1.165) is 6.42 Å². The lowest BCUT2D eigenvalue weighted by Crippen LogP contribution is -2.48. The fraction of sp³-hybridized carbons (Fsp3) is 0.692. The lowest BCUT2D eigenvalue weighted by atomic mass is 10.1. The van der Waals surface area contributed by atoms with Gasteiger partial charge in [0.15, 0.2) is 0 Å². The normalized spacial score (nSPS) is 23.4. The second-order valence-corrected chi connectivity index (χ2v) is 5.91. The molecule has 1 aliphatic carbocycles. The standard InChI is InChI=1S/C13H21BrN2/c1-11(2)15-7-9-16(10-8-15)13-5-3-12(14)4-6-13/h3,5,11H,4,6-10H2,1-2H3. The van der Waals surface area contributed by atoms with Gasteiger partial charge in [-0.3, -0.25) is 4.90 Å². The molecule has 3 heteroatoms. The topological polar surface area (TPSA) is 6.48 Å². The maximum absolute atomic E-state index is 3.56. The minimum absolute atomic E-state index is 0.691. The molecule has 0 aromatic carbocycles. The first kappa shape index (κ1) is 12.2. The predicted octanol–water partition coefficient (Wildman–Crippen LogP) is 2.97. The molecule has 0 N–H and O–H groups in total. The summed E-state index contributed by atoms with van der Waals surface area (Å²) in [7, 11) is 0. The van der Waals surface area contributed by atoms with Gasteiger partial charge in [-0.1, -0.05) is 22.0 Å². The number of rotatable bonds is 2. The van der Waals surface area contributed by atoms with Crippen molar-refractivity contribution < 1.29 is 0 Å². The molecule has 1 saturated heterocycles. The largest absolute Gasteiger partial charge is 0.372 e. The first-order valence-electron chi connectivity index (χ1n) is 6.21. The van der Waals surface area contributed by atoms with Crippen molar-refractivity contribution in [2.45, 2.75) is 32.7 Å². The number of allylic oxidation sites excluding steroid dienone is 4. The molecule has 16 heavy (non-hydrogen) atoms. The molecule has 2 rings (SSSR count). The molecule has 0 aromatic rings. The molecule has 0 bridgehead atoms. The van der Waals surface area contributed by atoms with E-state index in [-0.39, 0.29) is 0 Å². The number of hydrogen-bond acceptors (Lipinski definition) is 2.